The van der Waals surface area contributed by atoms with Crippen LogP contribution in [0.1, 0.15) is 44.9 Å². The first-order valence-electron chi connectivity index (χ1n) is 11.4. The van der Waals surface area contributed by atoms with Gasteiger partial charge in [-0.15, -0.1) is 0 Å². The largest absolute Gasteiger partial charge is 0.504 e. The molecule has 0 saturated carbocycles. The van der Waals surface area contributed by atoms with Crippen LogP contribution in [0.3, 0.4) is 0 Å². The molecule has 0 aliphatic carbocycles. The van der Waals surface area contributed by atoms with Gasteiger partial charge in [0, 0.05) is 46.0 Å². The average molecular weight is 478 g/mol. The monoisotopic (exact) mass is 477 g/mol. The number of phenolic OH excluding ortho intramolecular Hbond substituents is 1. The zero-order valence-electron chi connectivity index (χ0n) is 20.3. The van der Waals surface area contributed by atoms with Crippen molar-refractivity contribution in [1.29, 1.82) is 0 Å². The lowest BCUT2D eigenvalue weighted by molar-refractivity contribution is 0.100. The van der Waals surface area contributed by atoms with Crippen molar-refractivity contribution in [2.24, 2.45) is 7.05 Å². The second-order valence-electron chi connectivity index (χ2n) is 9.77. The zero-order valence-corrected chi connectivity index (χ0v) is 21.1. The zero-order chi connectivity index (χ0) is 24.1. The molecule has 2 aliphatic heterocycles. The van der Waals surface area contributed by atoms with Crippen molar-refractivity contribution in [2.75, 3.05) is 24.4 Å². The van der Waals surface area contributed by atoms with Crippen molar-refractivity contribution in [2.45, 2.75) is 64.8 Å². The number of ether oxygens (including phenoxy) is 1. The van der Waals surface area contributed by atoms with Gasteiger partial charge in [-0.05, 0) is 58.2 Å². The average Bonchev–Trinajstić information content (AvgIpc) is 3.12. The van der Waals surface area contributed by atoms with Crippen LogP contribution >= 0.6 is 0 Å². The molecular weight excluding hydrogens is 442 g/mol. The van der Waals surface area contributed by atoms with Gasteiger partial charge in [0.25, 0.3) is 0 Å². The molecule has 2 aromatic rings. The Morgan fingerprint density at radius 1 is 1.30 bits per heavy atom. The summed E-state index contributed by atoms with van der Waals surface area (Å²) in [7, 11) is -0.133. The van der Waals surface area contributed by atoms with Crippen LogP contribution in [0.2, 0.25) is 0 Å². The summed E-state index contributed by atoms with van der Waals surface area (Å²) in [6.07, 6.45) is 3.22. The Hall–Kier alpha value is -2.30. The quantitative estimate of drug-likeness (QED) is 0.712. The minimum Gasteiger partial charge on any atom is -0.504 e. The molecule has 9 nitrogen and oxygen atoms in total. The van der Waals surface area contributed by atoms with Gasteiger partial charge in [-0.1, -0.05) is 6.07 Å². The molecule has 10 heteroatoms. The highest BCUT2D eigenvalue weighted by molar-refractivity contribution is 7.90. The van der Waals surface area contributed by atoms with E-state index in [1.54, 1.807) is 28.3 Å². The second kappa shape index (κ2) is 8.48. The molecule has 1 aromatic heterocycles. The molecule has 2 aliphatic rings. The minimum atomic E-state index is -3.61. The molecule has 0 bridgehead atoms. The molecule has 2 atom stereocenters. The Labute approximate surface area is 196 Å². The number of anilines is 1. The Morgan fingerprint density at radius 2 is 2.03 bits per heavy atom. The van der Waals surface area contributed by atoms with E-state index in [9.17, 15) is 13.5 Å². The number of likely N-dealkylation sites (tertiary alicyclic amines) is 1. The maximum absolute atomic E-state index is 13.3. The van der Waals surface area contributed by atoms with Crippen molar-refractivity contribution < 1.29 is 18.3 Å². The first kappa shape index (κ1) is 23.8. The number of rotatable bonds is 5. The van der Waals surface area contributed by atoms with Gasteiger partial charge in [0.2, 0.25) is 0 Å². The van der Waals surface area contributed by atoms with Gasteiger partial charge in [-0.2, -0.15) is 17.8 Å². The third kappa shape index (κ3) is 4.31. The van der Waals surface area contributed by atoms with Crippen LogP contribution in [0.15, 0.2) is 24.4 Å². The number of aryl methyl sites for hydroxylation is 2. The number of benzene rings is 1. The van der Waals surface area contributed by atoms with Crippen LogP contribution in [-0.4, -0.2) is 70.3 Å². The number of hydrogen-bond donors (Lipinski definition) is 1. The van der Waals surface area contributed by atoms with Crippen LogP contribution in [-0.2, 0) is 23.8 Å². The van der Waals surface area contributed by atoms with E-state index in [4.69, 9.17) is 4.74 Å². The summed E-state index contributed by atoms with van der Waals surface area (Å²) in [5.41, 5.74) is 1.93. The summed E-state index contributed by atoms with van der Waals surface area (Å²) in [6, 6.07) is 5.65. The Bertz CT molecular complexity index is 1130. The first-order valence-corrected chi connectivity index (χ1v) is 12.8. The van der Waals surface area contributed by atoms with Crippen LogP contribution in [0.5, 0.6) is 11.5 Å². The fraction of sp³-hybridized carbons (Fsp3) is 0.609. The number of likely N-dealkylation sites (N-methyl/N-ethyl adjacent to an activating group) is 1. The smallest absolute Gasteiger partial charge is 0.304 e. The molecule has 0 unspecified atom stereocenters. The van der Waals surface area contributed by atoms with E-state index in [0.29, 0.717) is 30.2 Å². The van der Waals surface area contributed by atoms with Gasteiger partial charge in [0.1, 0.15) is 0 Å². The summed E-state index contributed by atoms with van der Waals surface area (Å²) in [5.74, 6) is 0.630. The standard InChI is InChI=1S/C23H35N5O4S/c1-16(2)32-22-11-19(7-8-21(22)29)13-27-10-9-23(12-17(27)3)15-26(6)33(30,31)28(23)20-14-25(5)24-18(20)4/h7-8,11,14,16-17,29H,9-10,12-13,15H2,1-6H3/t17-,23+/m0/s1. The van der Waals surface area contributed by atoms with E-state index in [-0.39, 0.29) is 17.9 Å². The topological polar surface area (TPSA) is 91.1 Å². The van der Waals surface area contributed by atoms with Crippen molar-refractivity contribution in [3.05, 3.63) is 35.7 Å². The highest BCUT2D eigenvalue weighted by Gasteiger charge is 2.56. The van der Waals surface area contributed by atoms with Crippen molar-refractivity contribution >= 4 is 15.9 Å². The second-order valence-corrected chi connectivity index (χ2v) is 11.7. The number of piperidine rings is 1. The summed E-state index contributed by atoms with van der Waals surface area (Å²) >= 11 is 0. The van der Waals surface area contributed by atoms with Crippen molar-refractivity contribution in [3.8, 4) is 11.5 Å². The molecule has 4 rings (SSSR count). The first-order chi connectivity index (χ1) is 15.4. The Morgan fingerprint density at radius 3 is 2.64 bits per heavy atom. The van der Waals surface area contributed by atoms with Crippen LogP contribution in [0, 0.1) is 6.92 Å². The highest BCUT2D eigenvalue weighted by Crippen LogP contribution is 2.44. The number of hydrogen-bond acceptors (Lipinski definition) is 6. The molecule has 3 heterocycles. The van der Waals surface area contributed by atoms with Gasteiger partial charge >= 0.3 is 10.2 Å². The molecular formula is C23H35N5O4S. The van der Waals surface area contributed by atoms with Crippen LogP contribution in [0.4, 0.5) is 5.69 Å². The summed E-state index contributed by atoms with van der Waals surface area (Å²) < 4.78 is 37.2. The van der Waals surface area contributed by atoms with Gasteiger partial charge in [0.15, 0.2) is 11.5 Å². The van der Waals surface area contributed by atoms with Crippen molar-refractivity contribution in [3.63, 3.8) is 0 Å². The van der Waals surface area contributed by atoms with Gasteiger partial charge in [-0.3, -0.25) is 9.58 Å². The summed E-state index contributed by atoms with van der Waals surface area (Å²) in [4.78, 5) is 2.37. The molecule has 2 saturated heterocycles. The fourth-order valence-electron chi connectivity index (χ4n) is 5.27. The van der Waals surface area contributed by atoms with Gasteiger partial charge in [-0.25, -0.2) is 4.31 Å². The van der Waals surface area contributed by atoms with Crippen LogP contribution in [0.25, 0.3) is 0 Å². The lowest BCUT2D eigenvalue weighted by Gasteiger charge is -2.46. The summed E-state index contributed by atoms with van der Waals surface area (Å²) in [5, 5.41) is 14.5. The normalized spacial score (nSPS) is 25.9. The Balaban J connectivity index is 1.57. The molecule has 182 valence electrons. The SMILES string of the molecule is Cc1nn(C)cc1N1[C@@]2(CCN(Cc3ccc(O)c(OC(C)C)c3)[C@@H](C)C2)CN(C)S1(=O)=O. The number of nitrogens with zero attached hydrogens (tertiary/aromatic N) is 5. The van der Waals surface area contributed by atoms with Gasteiger partial charge in [0.05, 0.1) is 23.0 Å². The molecule has 1 spiro atoms. The maximum Gasteiger partial charge on any atom is 0.304 e. The van der Waals surface area contributed by atoms with E-state index in [2.05, 4.69) is 16.9 Å². The van der Waals surface area contributed by atoms with E-state index in [1.165, 1.54) is 4.31 Å². The third-order valence-corrected chi connectivity index (χ3v) is 8.68. The van der Waals surface area contributed by atoms with E-state index in [1.807, 2.05) is 40.0 Å². The molecule has 2 fully saturated rings. The molecule has 1 aromatic carbocycles. The number of aromatic hydroxyl groups is 1. The third-order valence-electron chi connectivity index (χ3n) is 6.71. The molecule has 0 radical (unpaired) electrons. The van der Waals surface area contributed by atoms with E-state index >= 15 is 0 Å². The molecule has 33 heavy (non-hydrogen) atoms. The molecule has 1 N–H and O–H groups in total. The lowest BCUT2D eigenvalue weighted by Crippen LogP contribution is -2.57. The number of phenols is 1. The van der Waals surface area contributed by atoms with Gasteiger partial charge < -0.3 is 9.84 Å². The fourth-order valence-corrected chi connectivity index (χ4v) is 7.09. The maximum atomic E-state index is 13.3. The van der Waals surface area contributed by atoms with E-state index in [0.717, 1.165) is 24.9 Å². The highest BCUT2D eigenvalue weighted by atomic mass is 32.2. The minimum absolute atomic E-state index is 0.0249. The predicted octanol–water partition coefficient (Wildman–Crippen LogP) is 2.64. The molecule has 0 amide bonds. The van der Waals surface area contributed by atoms with E-state index < -0.39 is 15.7 Å². The lowest BCUT2D eigenvalue weighted by atomic mass is 9.82. The summed E-state index contributed by atoms with van der Waals surface area (Å²) in [6.45, 7) is 9.82. The predicted molar refractivity (Wildman–Crippen MR) is 128 cm³/mol. The number of aromatic nitrogens is 2. The Kier molecular flexibility index (Phi) is 6.13. The van der Waals surface area contributed by atoms with Crippen LogP contribution < -0.4 is 9.04 Å². The van der Waals surface area contributed by atoms with Crippen molar-refractivity contribution in [1.82, 2.24) is 19.0 Å².